The molecule has 0 unspecified atom stereocenters. The van der Waals surface area contributed by atoms with E-state index in [2.05, 4.69) is 15.5 Å². The summed E-state index contributed by atoms with van der Waals surface area (Å²) in [6, 6.07) is 0. The van der Waals surface area contributed by atoms with Crippen LogP contribution in [0.25, 0.3) is 5.57 Å². The van der Waals surface area contributed by atoms with Gasteiger partial charge >= 0.3 is 0 Å². The highest BCUT2D eigenvalue weighted by atomic mass is 16.3. The van der Waals surface area contributed by atoms with E-state index in [0.717, 1.165) is 22.4 Å². The molecule has 2 rings (SSSR count). The Kier molecular flexibility index (Phi) is 2.59. The highest BCUT2D eigenvalue weighted by Crippen LogP contribution is 2.25. The largest absolute Gasteiger partial charge is 0.386 e. The summed E-state index contributed by atoms with van der Waals surface area (Å²) in [6.45, 7) is 6.28. The Morgan fingerprint density at radius 3 is 2.75 bits per heavy atom. The fourth-order valence-electron chi connectivity index (χ4n) is 1.73. The summed E-state index contributed by atoms with van der Waals surface area (Å²) in [7, 11) is 0. The molecule has 0 aromatic carbocycles. The van der Waals surface area contributed by atoms with Gasteiger partial charge in [-0.3, -0.25) is 5.10 Å². The molecule has 0 aliphatic carbocycles. The van der Waals surface area contributed by atoms with E-state index < -0.39 is 5.60 Å². The Morgan fingerprint density at radius 1 is 1.44 bits per heavy atom. The molecule has 1 aromatic rings. The average molecular weight is 219 g/mol. The van der Waals surface area contributed by atoms with Crippen LogP contribution in [0.5, 0.6) is 0 Å². The molecule has 0 saturated carbocycles. The number of allylic oxidation sites excluding steroid dienone is 2. The number of H-pyrrole nitrogens is 1. The third kappa shape index (κ3) is 2.02. The Hall–Kier alpha value is -1.55. The molecule has 0 amide bonds. The molecular weight excluding hydrogens is 202 g/mol. The first-order chi connectivity index (χ1) is 7.48. The molecule has 0 spiro atoms. The van der Waals surface area contributed by atoms with Gasteiger partial charge < -0.3 is 10.4 Å². The molecule has 0 atom stereocenters. The fraction of sp³-hybridized carbons (Fsp3) is 0.417. The van der Waals surface area contributed by atoms with Gasteiger partial charge in [-0.2, -0.15) is 5.10 Å². The molecule has 0 saturated heterocycles. The normalized spacial score (nSPS) is 16.5. The molecule has 0 fully saturated rings. The zero-order valence-electron chi connectivity index (χ0n) is 9.83. The van der Waals surface area contributed by atoms with E-state index in [9.17, 15) is 5.11 Å². The summed E-state index contributed by atoms with van der Waals surface area (Å²) in [6.07, 6.45) is 5.75. The third-order valence-electron chi connectivity index (χ3n) is 2.78. The van der Waals surface area contributed by atoms with E-state index in [0.29, 0.717) is 6.54 Å². The maximum Gasteiger partial charge on any atom is 0.0820 e. The van der Waals surface area contributed by atoms with Gasteiger partial charge in [-0.15, -0.1) is 0 Å². The van der Waals surface area contributed by atoms with Gasteiger partial charge in [0.1, 0.15) is 0 Å². The van der Waals surface area contributed by atoms with E-state index >= 15 is 0 Å². The van der Waals surface area contributed by atoms with Gasteiger partial charge in [0.15, 0.2) is 0 Å². The maximum atomic E-state index is 9.97. The van der Waals surface area contributed by atoms with Crippen LogP contribution in [-0.2, 0) is 0 Å². The third-order valence-corrected chi connectivity index (χ3v) is 2.78. The van der Waals surface area contributed by atoms with Gasteiger partial charge in [0, 0.05) is 18.3 Å². The van der Waals surface area contributed by atoms with E-state index in [4.69, 9.17) is 0 Å². The minimum Gasteiger partial charge on any atom is -0.386 e. The van der Waals surface area contributed by atoms with Crippen LogP contribution in [0.3, 0.4) is 0 Å². The Balaban J connectivity index is 2.35. The molecule has 4 nitrogen and oxygen atoms in total. The lowest BCUT2D eigenvalue weighted by Gasteiger charge is -2.25. The smallest absolute Gasteiger partial charge is 0.0820 e. The quantitative estimate of drug-likeness (QED) is 0.704. The zero-order chi connectivity index (χ0) is 11.8. The van der Waals surface area contributed by atoms with Crippen molar-refractivity contribution < 1.29 is 5.11 Å². The Bertz CT molecular complexity index is 449. The fourth-order valence-corrected chi connectivity index (χ4v) is 1.73. The molecule has 0 radical (unpaired) electrons. The van der Waals surface area contributed by atoms with Crippen molar-refractivity contribution in [2.24, 2.45) is 0 Å². The summed E-state index contributed by atoms with van der Waals surface area (Å²) < 4.78 is 0. The van der Waals surface area contributed by atoms with Crippen LogP contribution in [0.1, 0.15) is 25.1 Å². The molecule has 0 bridgehead atoms. The summed E-state index contributed by atoms with van der Waals surface area (Å²) in [4.78, 5) is 0. The summed E-state index contributed by atoms with van der Waals surface area (Å²) in [5.74, 6) is 0. The lowest BCUT2D eigenvalue weighted by Crippen LogP contribution is -2.30. The summed E-state index contributed by atoms with van der Waals surface area (Å²) in [5.41, 5.74) is 3.30. The molecule has 3 N–H and O–H groups in total. The molecular formula is C12H17N3O. The zero-order valence-corrected chi connectivity index (χ0v) is 9.83. The van der Waals surface area contributed by atoms with E-state index in [1.807, 2.05) is 19.2 Å². The second-order valence-corrected chi connectivity index (χ2v) is 4.64. The highest BCUT2D eigenvalue weighted by molar-refractivity contribution is 5.75. The molecule has 86 valence electrons. The van der Waals surface area contributed by atoms with Crippen LogP contribution in [0.4, 0.5) is 0 Å². The van der Waals surface area contributed by atoms with Crippen molar-refractivity contribution in [3.05, 3.63) is 35.3 Å². The first-order valence-corrected chi connectivity index (χ1v) is 5.36. The highest BCUT2D eigenvalue weighted by Gasteiger charge is 2.22. The van der Waals surface area contributed by atoms with Crippen molar-refractivity contribution >= 4 is 5.57 Å². The van der Waals surface area contributed by atoms with Gasteiger partial charge in [-0.05, 0) is 38.0 Å². The number of nitrogens with zero attached hydrogens (tertiary/aromatic N) is 1. The number of rotatable bonds is 2. The SMILES string of the molecule is Cc1cn[nH]c1C1=CNCC(C(C)(C)O)=C1. The van der Waals surface area contributed by atoms with Gasteiger partial charge in [0.05, 0.1) is 17.5 Å². The summed E-state index contributed by atoms with van der Waals surface area (Å²) in [5, 5.41) is 20.1. The second kappa shape index (κ2) is 3.79. The molecule has 1 aliphatic rings. The average Bonchev–Trinajstić information content (AvgIpc) is 2.63. The van der Waals surface area contributed by atoms with E-state index in [-0.39, 0.29) is 0 Å². The lowest BCUT2D eigenvalue weighted by molar-refractivity contribution is 0.117. The van der Waals surface area contributed by atoms with Gasteiger partial charge in [0.25, 0.3) is 0 Å². The predicted octanol–water partition coefficient (Wildman–Crippen LogP) is 1.36. The first-order valence-electron chi connectivity index (χ1n) is 5.36. The van der Waals surface area contributed by atoms with Crippen molar-refractivity contribution in [3.8, 4) is 0 Å². The van der Waals surface area contributed by atoms with E-state index in [1.54, 1.807) is 20.0 Å². The van der Waals surface area contributed by atoms with Gasteiger partial charge in [0.2, 0.25) is 0 Å². The van der Waals surface area contributed by atoms with Crippen LogP contribution in [0, 0.1) is 6.92 Å². The Labute approximate surface area is 95.1 Å². The number of aliphatic hydroxyl groups is 1. The number of aromatic amines is 1. The first kappa shape index (κ1) is 11.0. The number of aryl methyl sites for hydroxylation is 1. The summed E-state index contributed by atoms with van der Waals surface area (Å²) >= 11 is 0. The topological polar surface area (TPSA) is 60.9 Å². The molecule has 1 aliphatic heterocycles. The Morgan fingerprint density at radius 2 is 2.19 bits per heavy atom. The van der Waals surface area contributed by atoms with Crippen molar-refractivity contribution in [1.29, 1.82) is 0 Å². The standard InChI is InChI=1S/C12H17N3O/c1-8-5-14-15-11(8)9-4-10(7-13-6-9)12(2,3)16/h4-6,13,16H,7H2,1-3H3,(H,14,15). The lowest BCUT2D eigenvalue weighted by atomic mass is 9.93. The minimum atomic E-state index is -0.791. The minimum absolute atomic E-state index is 0.681. The second-order valence-electron chi connectivity index (χ2n) is 4.64. The number of dihydropyridines is 1. The molecule has 4 heteroatoms. The monoisotopic (exact) mass is 219 g/mol. The van der Waals surface area contributed by atoms with Crippen molar-refractivity contribution in [2.75, 3.05) is 6.54 Å². The van der Waals surface area contributed by atoms with Crippen LogP contribution >= 0.6 is 0 Å². The number of hydrogen-bond donors (Lipinski definition) is 3. The van der Waals surface area contributed by atoms with Crippen molar-refractivity contribution in [1.82, 2.24) is 15.5 Å². The maximum absolute atomic E-state index is 9.97. The van der Waals surface area contributed by atoms with Crippen LogP contribution in [0.2, 0.25) is 0 Å². The van der Waals surface area contributed by atoms with Crippen LogP contribution in [0.15, 0.2) is 24.0 Å². The van der Waals surface area contributed by atoms with Crippen molar-refractivity contribution in [2.45, 2.75) is 26.4 Å². The van der Waals surface area contributed by atoms with Crippen LogP contribution < -0.4 is 5.32 Å². The number of nitrogens with one attached hydrogen (secondary N) is 2. The number of hydrogen-bond acceptors (Lipinski definition) is 3. The van der Waals surface area contributed by atoms with E-state index in [1.165, 1.54) is 0 Å². The molecule has 16 heavy (non-hydrogen) atoms. The van der Waals surface area contributed by atoms with Crippen LogP contribution in [-0.4, -0.2) is 27.4 Å². The van der Waals surface area contributed by atoms with Gasteiger partial charge in [-0.1, -0.05) is 0 Å². The number of aromatic nitrogens is 2. The molecule has 2 heterocycles. The van der Waals surface area contributed by atoms with Crippen molar-refractivity contribution in [3.63, 3.8) is 0 Å². The van der Waals surface area contributed by atoms with Gasteiger partial charge in [-0.25, -0.2) is 0 Å². The predicted molar refractivity (Wildman–Crippen MR) is 63.7 cm³/mol. The molecule has 1 aromatic heterocycles.